The van der Waals surface area contributed by atoms with Gasteiger partial charge in [0.25, 0.3) is 5.91 Å². The molecule has 1 heterocycles. The molecule has 0 saturated heterocycles. The molecule has 1 rings (SSSR count). The van der Waals surface area contributed by atoms with E-state index in [1.807, 2.05) is 20.8 Å². The monoisotopic (exact) mass is 256 g/mol. The number of aliphatic hydroxyl groups excluding tert-OH is 1. The summed E-state index contributed by atoms with van der Waals surface area (Å²) in [6, 6.07) is 0. The summed E-state index contributed by atoms with van der Waals surface area (Å²) in [6.07, 6.45) is 0.306. The van der Waals surface area contributed by atoms with Gasteiger partial charge in [0.05, 0.1) is 17.4 Å². The molecule has 0 saturated carbocycles. The second kappa shape index (κ2) is 5.60. The van der Waals surface area contributed by atoms with Crippen LogP contribution in [0.5, 0.6) is 0 Å². The largest absolute Gasteiger partial charge is 0.393 e. The Bertz CT molecular complexity index is 386. The molecule has 96 valence electrons. The molecule has 1 aromatic heterocycles. The molecule has 0 bridgehead atoms. The zero-order chi connectivity index (χ0) is 13.1. The van der Waals surface area contributed by atoms with Gasteiger partial charge in [-0.2, -0.15) is 4.37 Å². The van der Waals surface area contributed by atoms with Crippen LogP contribution in [0.15, 0.2) is 5.38 Å². The molecule has 0 spiro atoms. The van der Waals surface area contributed by atoms with E-state index in [1.165, 1.54) is 11.5 Å². The lowest BCUT2D eigenvalue weighted by atomic mass is 9.87. The van der Waals surface area contributed by atoms with Crippen LogP contribution in [0.25, 0.3) is 0 Å². The summed E-state index contributed by atoms with van der Waals surface area (Å²) in [6.45, 7) is 8.19. The van der Waals surface area contributed by atoms with Crippen LogP contribution in [0.3, 0.4) is 0 Å². The van der Waals surface area contributed by atoms with Gasteiger partial charge in [0, 0.05) is 11.9 Å². The number of rotatable bonds is 5. The highest BCUT2D eigenvalue weighted by atomic mass is 32.1. The van der Waals surface area contributed by atoms with Crippen molar-refractivity contribution >= 4 is 17.4 Å². The second-order valence-corrected chi connectivity index (χ2v) is 5.84. The third-order valence-corrected chi connectivity index (χ3v) is 3.29. The van der Waals surface area contributed by atoms with Gasteiger partial charge in [-0.1, -0.05) is 13.8 Å². The fourth-order valence-electron chi connectivity index (χ4n) is 1.80. The molecular formula is C12H20N2O2S. The summed E-state index contributed by atoms with van der Waals surface area (Å²) in [7, 11) is 0. The minimum Gasteiger partial charge on any atom is -0.393 e. The van der Waals surface area contributed by atoms with Gasteiger partial charge < -0.3 is 10.4 Å². The van der Waals surface area contributed by atoms with Crippen LogP contribution in [0.4, 0.5) is 0 Å². The molecule has 2 N–H and O–H groups in total. The van der Waals surface area contributed by atoms with E-state index in [1.54, 1.807) is 12.3 Å². The van der Waals surface area contributed by atoms with Crippen LogP contribution < -0.4 is 5.32 Å². The smallest absolute Gasteiger partial charge is 0.254 e. The Balaban J connectivity index is 2.51. The SMILES string of the molecule is Cc1nscc1C(=O)NCC(C)(C)CC(C)O. The van der Waals surface area contributed by atoms with Crippen LogP contribution in [0.1, 0.15) is 43.2 Å². The number of carbonyl (C=O) groups is 1. The lowest BCUT2D eigenvalue weighted by molar-refractivity contribution is 0.0901. The van der Waals surface area contributed by atoms with Gasteiger partial charge in [0.2, 0.25) is 0 Å². The average Bonchev–Trinajstić information content (AvgIpc) is 2.59. The van der Waals surface area contributed by atoms with Crippen molar-refractivity contribution < 1.29 is 9.90 Å². The van der Waals surface area contributed by atoms with Crippen LogP contribution in [0, 0.1) is 12.3 Å². The molecule has 1 amide bonds. The summed E-state index contributed by atoms with van der Waals surface area (Å²) < 4.78 is 4.07. The molecule has 0 aliphatic rings. The van der Waals surface area contributed by atoms with Gasteiger partial charge in [0.1, 0.15) is 0 Å². The molecule has 0 aliphatic carbocycles. The maximum atomic E-state index is 11.9. The van der Waals surface area contributed by atoms with Gasteiger partial charge in [-0.3, -0.25) is 4.79 Å². The van der Waals surface area contributed by atoms with Gasteiger partial charge in [-0.05, 0) is 37.2 Å². The third kappa shape index (κ3) is 4.44. The van der Waals surface area contributed by atoms with Gasteiger partial charge in [-0.25, -0.2) is 0 Å². The minimum atomic E-state index is -0.355. The molecule has 0 aliphatic heterocycles. The number of hydrogen-bond acceptors (Lipinski definition) is 4. The molecule has 1 aromatic rings. The van der Waals surface area contributed by atoms with Crippen molar-refractivity contribution in [2.75, 3.05) is 6.54 Å². The average molecular weight is 256 g/mol. The first-order valence-corrected chi connectivity index (χ1v) is 6.53. The van der Waals surface area contributed by atoms with Crippen LogP contribution >= 0.6 is 11.5 Å². The molecule has 5 heteroatoms. The Morgan fingerprint density at radius 1 is 1.65 bits per heavy atom. The fraction of sp³-hybridized carbons (Fsp3) is 0.667. The van der Waals surface area contributed by atoms with Gasteiger partial charge in [-0.15, -0.1) is 0 Å². The molecule has 0 fully saturated rings. The highest BCUT2D eigenvalue weighted by Gasteiger charge is 2.22. The maximum Gasteiger partial charge on any atom is 0.254 e. The Morgan fingerprint density at radius 3 is 2.76 bits per heavy atom. The van der Waals surface area contributed by atoms with Crippen LogP contribution in [-0.2, 0) is 0 Å². The van der Waals surface area contributed by atoms with E-state index in [2.05, 4.69) is 9.69 Å². The van der Waals surface area contributed by atoms with Gasteiger partial charge in [0.15, 0.2) is 0 Å². The van der Waals surface area contributed by atoms with E-state index in [0.29, 0.717) is 18.5 Å². The molecule has 4 nitrogen and oxygen atoms in total. The summed E-state index contributed by atoms with van der Waals surface area (Å²) in [5.41, 5.74) is 1.30. The normalized spacial score (nSPS) is 13.5. The highest BCUT2D eigenvalue weighted by Crippen LogP contribution is 2.21. The summed E-state index contributed by atoms with van der Waals surface area (Å²) in [5, 5.41) is 14.0. The number of amides is 1. The van der Waals surface area contributed by atoms with Crippen molar-refractivity contribution in [3.05, 3.63) is 16.6 Å². The zero-order valence-corrected chi connectivity index (χ0v) is 11.6. The number of aliphatic hydroxyl groups is 1. The Labute approximate surface area is 106 Å². The lowest BCUT2D eigenvalue weighted by Crippen LogP contribution is -2.35. The Kier molecular flexibility index (Phi) is 4.65. The van der Waals surface area contributed by atoms with Crippen molar-refractivity contribution in [1.29, 1.82) is 0 Å². The molecule has 1 unspecified atom stereocenters. The number of nitrogens with zero attached hydrogens (tertiary/aromatic N) is 1. The number of aryl methyl sites for hydroxylation is 1. The fourth-order valence-corrected chi connectivity index (χ4v) is 2.49. The molecule has 17 heavy (non-hydrogen) atoms. The summed E-state index contributed by atoms with van der Waals surface area (Å²) in [5.74, 6) is -0.0880. The topological polar surface area (TPSA) is 62.2 Å². The zero-order valence-electron chi connectivity index (χ0n) is 10.8. The van der Waals surface area contributed by atoms with E-state index in [4.69, 9.17) is 0 Å². The minimum absolute atomic E-state index is 0.0880. The maximum absolute atomic E-state index is 11.9. The number of aromatic nitrogens is 1. The van der Waals surface area contributed by atoms with E-state index < -0.39 is 0 Å². The number of carbonyl (C=O) groups excluding carboxylic acids is 1. The first-order valence-electron chi connectivity index (χ1n) is 5.69. The number of hydrogen-bond donors (Lipinski definition) is 2. The molecule has 1 atom stereocenters. The standard InChI is InChI=1S/C12H20N2O2S/c1-8(15)5-12(3,4)7-13-11(16)10-6-17-14-9(10)2/h6,8,15H,5,7H2,1-4H3,(H,13,16). The Hall–Kier alpha value is -0.940. The van der Waals surface area contributed by atoms with Crippen molar-refractivity contribution in [2.45, 2.75) is 40.2 Å². The van der Waals surface area contributed by atoms with Crippen molar-refractivity contribution in [3.63, 3.8) is 0 Å². The highest BCUT2D eigenvalue weighted by molar-refractivity contribution is 7.03. The van der Waals surface area contributed by atoms with Crippen molar-refractivity contribution in [3.8, 4) is 0 Å². The van der Waals surface area contributed by atoms with Crippen molar-refractivity contribution in [1.82, 2.24) is 9.69 Å². The first kappa shape index (κ1) is 14.1. The Morgan fingerprint density at radius 2 is 2.29 bits per heavy atom. The van der Waals surface area contributed by atoms with Crippen molar-refractivity contribution in [2.24, 2.45) is 5.41 Å². The molecule has 0 radical (unpaired) electrons. The predicted molar refractivity (Wildman–Crippen MR) is 69.3 cm³/mol. The van der Waals surface area contributed by atoms with E-state index >= 15 is 0 Å². The first-order chi connectivity index (χ1) is 7.82. The van der Waals surface area contributed by atoms with Gasteiger partial charge >= 0.3 is 0 Å². The number of nitrogens with one attached hydrogen (secondary N) is 1. The molecule has 0 aromatic carbocycles. The third-order valence-electron chi connectivity index (χ3n) is 2.57. The van der Waals surface area contributed by atoms with E-state index in [-0.39, 0.29) is 17.4 Å². The predicted octanol–water partition coefficient (Wildman–Crippen LogP) is 1.98. The summed E-state index contributed by atoms with van der Waals surface area (Å²) in [4.78, 5) is 11.9. The second-order valence-electron chi connectivity index (χ2n) is 5.21. The van der Waals surface area contributed by atoms with Crippen LogP contribution in [0.2, 0.25) is 0 Å². The van der Waals surface area contributed by atoms with E-state index in [9.17, 15) is 9.90 Å². The lowest BCUT2D eigenvalue weighted by Gasteiger charge is -2.26. The quantitative estimate of drug-likeness (QED) is 0.846. The molecular weight excluding hydrogens is 236 g/mol. The van der Waals surface area contributed by atoms with Crippen LogP contribution in [-0.4, -0.2) is 28.0 Å². The summed E-state index contributed by atoms with van der Waals surface area (Å²) >= 11 is 1.29. The van der Waals surface area contributed by atoms with E-state index in [0.717, 1.165) is 5.69 Å².